The maximum absolute atomic E-state index is 5.93. The zero-order chi connectivity index (χ0) is 9.14. The monoisotopic (exact) mass is 167 g/mol. The maximum atomic E-state index is 5.93. The molecule has 1 atom stereocenters. The summed E-state index contributed by atoms with van der Waals surface area (Å²) in [6.45, 7) is 4.22. The van der Waals surface area contributed by atoms with Gasteiger partial charge in [-0.1, -0.05) is 13.8 Å². The molecule has 0 saturated heterocycles. The van der Waals surface area contributed by atoms with Crippen molar-refractivity contribution in [1.29, 1.82) is 0 Å². The molecule has 1 heterocycles. The third kappa shape index (κ3) is 1.50. The molecule has 3 heteroatoms. The molecule has 12 heavy (non-hydrogen) atoms. The van der Waals surface area contributed by atoms with Crippen LogP contribution in [-0.2, 0) is 13.5 Å². The molecule has 0 aliphatic rings. The molecule has 0 fully saturated rings. The summed E-state index contributed by atoms with van der Waals surface area (Å²) in [4.78, 5) is 0. The van der Waals surface area contributed by atoms with E-state index >= 15 is 0 Å². The number of hydrogen-bond acceptors (Lipinski definition) is 2. The van der Waals surface area contributed by atoms with Gasteiger partial charge in [0.25, 0.3) is 0 Å². The Kier molecular flexibility index (Phi) is 2.87. The van der Waals surface area contributed by atoms with Crippen molar-refractivity contribution < 1.29 is 0 Å². The molecule has 2 N–H and O–H groups in total. The zero-order valence-electron chi connectivity index (χ0n) is 8.04. The van der Waals surface area contributed by atoms with E-state index in [1.807, 2.05) is 17.9 Å². The zero-order valence-corrected chi connectivity index (χ0v) is 8.04. The van der Waals surface area contributed by atoms with Gasteiger partial charge in [-0.2, -0.15) is 5.10 Å². The van der Waals surface area contributed by atoms with Gasteiger partial charge < -0.3 is 5.73 Å². The molecule has 3 nitrogen and oxygen atoms in total. The van der Waals surface area contributed by atoms with Crippen molar-refractivity contribution in [3.8, 4) is 0 Å². The lowest BCUT2D eigenvalue weighted by molar-refractivity contribution is 0.671. The largest absolute Gasteiger partial charge is 0.324 e. The molecule has 1 rings (SSSR count). The predicted molar refractivity (Wildman–Crippen MR) is 49.8 cm³/mol. The van der Waals surface area contributed by atoms with Crippen molar-refractivity contribution in [3.05, 3.63) is 17.5 Å². The van der Waals surface area contributed by atoms with Crippen LogP contribution in [0, 0.1) is 0 Å². The Hall–Kier alpha value is -0.830. The molecule has 0 saturated carbocycles. The fraction of sp³-hybridized carbons (Fsp3) is 0.667. The molecule has 1 aromatic heterocycles. The average molecular weight is 167 g/mol. The van der Waals surface area contributed by atoms with E-state index in [-0.39, 0.29) is 6.04 Å². The standard InChI is InChI=1S/C9H17N3/c1-4-8(10)7-6-11-12(3)9(7)5-2/h6,8H,4-5,10H2,1-3H3. The Labute approximate surface area is 73.6 Å². The topological polar surface area (TPSA) is 43.8 Å². The number of aryl methyl sites for hydroxylation is 1. The molecule has 0 aliphatic carbocycles. The van der Waals surface area contributed by atoms with Crippen LogP contribution in [-0.4, -0.2) is 9.78 Å². The summed E-state index contributed by atoms with van der Waals surface area (Å²) in [7, 11) is 1.96. The van der Waals surface area contributed by atoms with Gasteiger partial charge in [0.05, 0.1) is 6.20 Å². The van der Waals surface area contributed by atoms with E-state index < -0.39 is 0 Å². The van der Waals surface area contributed by atoms with Crippen LogP contribution >= 0.6 is 0 Å². The smallest absolute Gasteiger partial charge is 0.0540 e. The Morgan fingerprint density at radius 2 is 2.25 bits per heavy atom. The van der Waals surface area contributed by atoms with E-state index in [4.69, 9.17) is 5.73 Å². The molecule has 0 aliphatic heterocycles. The van der Waals surface area contributed by atoms with Crippen LogP contribution in [0.2, 0.25) is 0 Å². The summed E-state index contributed by atoms with van der Waals surface area (Å²) in [5.41, 5.74) is 8.38. The van der Waals surface area contributed by atoms with Gasteiger partial charge in [0.15, 0.2) is 0 Å². The quantitative estimate of drug-likeness (QED) is 0.739. The molecular formula is C9H17N3. The van der Waals surface area contributed by atoms with Crippen LogP contribution in [0.1, 0.15) is 37.6 Å². The molecule has 0 bridgehead atoms. The van der Waals surface area contributed by atoms with Crippen molar-refractivity contribution in [3.63, 3.8) is 0 Å². The number of nitrogens with zero attached hydrogens (tertiary/aromatic N) is 2. The van der Waals surface area contributed by atoms with Crippen molar-refractivity contribution in [2.75, 3.05) is 0 Å². The summed E-state index contributed by atoms with van der Waals surface area (Å²) < 4.78 is 1.91. The van der Waals surface area contributed by atoms with Crippen molar-refractivity contribution in [2.45, 2.75) is 32.7 Å². The lowest BCUT2D eigenvalue weighted by atomic mass is 10.1. The minimum Gasteiger partial charge on any atom is -0.324 e. The lowest BCUT2D eigenvalue weighted by Crippen LogP contribution is -2.11. The molecule has 0 aromatic carbocycles. The first-order valence-corrected chi connectivity index (χ1v) is 4.47. The fourth-order valence-corrected chi connectivity index (χ4v) is 1.44. The van der Waals surface area contributed by atoms with Crippen molar-refractivity contribution >= 4 is 0 Å². The minimum atomic E-state index is 0.147. The van der Waals surface area contributed by atoms with Gasteiger partial charge in [-0.25, -0.2) is 0 Å². The summed E-state index contributed by atoms with van der Waals surface area (Å²) in [6, 6.07) is 0.147. The van der Waals surface area contributed by atoms with Crippen LogP contribution in [0.25, 0.3) is 0 Å². The van der Waals surface area contributed by atoms with Crippen LogP contribution in [0.3, 0.4) is 0 Å². The van der Waals surface area contributed by atoms with Gasteiger partial charge in [-0.15, -0.1) is 0 Å². The molecule has 0 spiro atoms. The van der Waals surface area contributed by atoms with Gasteiger partial charge in [0.1, 0.15) is 0 Å². The highest BCUT2D eigenvalue weighted by molar-refractivity contribution is 5.21. The summed E-state index contributed by atoms with van der Waals surface area (Å²) in [5, 5.41) is 4.19. The summed E-state index contributed by atoms with van der Waals surface area (Å²) >= 11 is 0. The molecule has 68 valence electrons. The van der Waals surface area contributed by atoms with Gasteiger partial charge in [0, 0.05) is 24.3 Å². The predicted octanol–water partition coefficient (Wildman–Crippen LogP) is 1.39. The molecule has 0 radical (unpaired) electrons. The van der Waals surface area contributed by atoms with Crippen molar-refractivity contribution in [1.82, 2.24) is 9.78 Å². The van der Waals surface area contributed by atoms with Gasteiger partial charge >= 0.3 is 0 Å². The number of rotatable bonds is 3. The second-order valence-electron chi connectivity index (χ2n) is 3.04. The lowest BCUT2D eigenvalue weighted by Gasteiger charge is -2.08. The summed E-state index contributed by atoms with van der Waals surface area (Å²) in [6.07, 6.45) is 3.85. The normalized spacial score (nSPS) is 13.3. The van der Waals surface area contributed by atoms with E-state index in [2.05, 4.69) is 18.9 Å². The number of aromatic nitrogens is 2. The highest BCUT2D eigenvalue weighted by atomic mass is 15.3. The first kappa shape index (κ1) is 9.26. The number of nitrogens with two attached hydrogens (primary N) is 1. The Morgan fingerprint density at radius 1 is 1.58 bits per heavy atom. The Balaban J connectivity index is 2.98. The first-order chi connectivity index (χ1) is 5.70. The van der Waals surface area contributed by atoms with Gasteiger partial charge in [-0.05, 0) is 12.8 Å². The number of hydrogen-bond donors (Lipinski definition) is 1. The highest BCUT2D eigenvalue weighted by Gasteiger charge is 2.11. The van der Waals surface area contributed by atoms with Crippen molar-refractivity contribution in [2.24, 2.45) is 12.8 Å². The summed E-state index contributed by atoms with van der Waals surface area (Å²) in [5.74, 6) is 0. The van der Waals surface area contributed by atoms with Gasteiger partial charge in [0.2, 0.25) is 0 Å². The van der Waals surface area contributed by atoms with E-state index in [1.165, 1.54) is 11.3 Å². The van der Waals surface area contributed by atoms with E-state index in [0.29, 0.717) is 0 Å². The molecule has 1 unspecified atom stereocenters. The highest BCUT2D eigenvalue weighted by Crippen LogP contribution is 2.17. The Bertz CT molecular complexity index is 252. The molecule has 0 amide bonds. The van der Waals surface area contributed by atoms with Crippen LogP contribution in [0.4, 0.5) is 0 Å². The third-order valence-electron chi connectivity index (χ3n) is 2.27. The van der Waals surface area contributed by atoms with Crippen LogP contribution in [0.5, 0.6) is 0 Å². The molecular weight excluding hydrogens is 150 g/mol. The average Bonchev–Trinajstić information content (AvgIpc) is 2.45. The van der Waals surface area contributed by atoms with Crippen LogP contribution < -0.4 is 5.73 Å². The first-order valence-electron chi connectivity index (χ1n) is 4.47. The van der Waals surface area contributed by atoms with Gasteiger partial charge in [-0.3, -0.25) is 4.68 Å². The fourth-order valence-electron chi connectivity index (χ4n) is 1.44. The van der Waals surface area contributed by atoms with E-state index in [0.717, 1.165) is 12.8 Å². The SMILES string of the molecule is CCc1c(C(N)CC)cnn1C. The minimum absolute atomic E-state index is 0.147. The second-order valence-corrected chi connectivity index (χ2v) is 3.04. The van der Waals surface area contributed by atoms with Crippen LogP contribution in [0.15, 0.2) is 6.20 Å². The maximum Gasteiger partial charge on any atom is 0.0540 e. The third-order valence-corrected chi connectivity index (χ3v) is 2.27. The second kappa shape index (κ2) is 3.72. The van der Waals surface area contributed by atoms with E-state index in [9.17, 15) is 0 Å². The molecule has 1 aromatic rings. The van der Waals surface area contributed by atoms with E-state index in [1.54, 1.807) is 0 Å². The Morgan fingerprint density at radius 3 is 2.75 bits per heavy atom.